The maximum Gasteiger partial charge on any atom is 0.0225 e. The Morgan fingerprint density at radius 2 is 0.612 bits per heavy atom. The van der Waals surface area contributed by atoms with Crippen molar-refractivity contribution in [3.63, 3.8) is 0 Å². The smallest absolute Gasteiger partial charge is 0.0225 e. The first-order valence-electron chi connectivity index (χ1n) is 22.0. The molecule has 0 heteroatoms. The van der Waals surface area contributed by atoms with Crippen LogP contribution in [-0.2, 0) is 41.9 Å². The van der Waals surface area contributed by atoms with Gasteiger partial charge in [0.05, 0.1) is 0 Å². The molecule has 0 amide bonds. The van der Waals surface area contributed by atoms with E-state index in [-0.39, 0.29) is 16.2 Å². The molecule has 1 spiro atoms. The molecule has 0 heterocycles. The van der Waals surface area contributed by atoms with Gasteiger partial charge in [0.2, 0.25) is 0 Å². The van der Waals surface area contributed by atoms with Crippen LogP contribution in [0.15, 0.2) is 24.3 Å². The topological polar surface area (TPSA) is 0 Å². The molecule has 4 fully saturated rings. The second kappa shape index (κ2) is 14.1. The quantitative estimate of drug-likeness (QED) is 0.264. The standard InChI is InChI=1S/C49H72/c1-47(2)33-49(45-31-41(27-37-21-13-7-14-22-37)39(29-43(45)47)25-35-17-9-5-10-18-35)34-48(3,4)44-30-40(26-36-19-11-6-12-20-36)42(32-46(44)49)28-38-23-15-8-16-24-38/h29-32,35-38H,5-28,33-34H2,1-4H3. The summed E-state index contributed by atoms with van der Waals surface area (Å²) in [5.41, 5.74) is 14.7. The van der Waals surface area contributed by atoms with Gasteiger partial charge in [0.15, 0.2) is 0 Å². The molecule has 2 aromatic rings. The molecule has 0 atom stereocenters. The van der Waals surface area contributed by atoms with Crippen LogP contribution in [0.1, 0.15) is 213 Å². The van der Waals surface area contributed by atoms with Crippen molar-refractivity contribution in [1.82, 2.24) is 0 Å². The molecule has 0 bridgehead atoms. The van der Waals surface area contributed by atoms with Crippen LogP contribution in [0.3, 0.4) is 0 Å². The van der Waals surface area contributed by atoms with Crippen molar-refractivity contribution in [2.45, 2.75) is 211 Å². The predicted molar refractivity (Wildman–Crippen MR) is 210 cm³/mol. The Balaban J connectivity index is 1.23. The van der Waals surface area contributed by atoms with Gasteiger partial charge in [0.1, 0.15) is 0 Å². The highest BCUT2D eigenvalue weighted by atomic mass is 14.6. The molecule has 49 heavy (non-hydrogen) atoms. The van der Waals surface area contributed by atoms with Gasteiger partial charge in [-0.1, -0.05) is 180 Å². The molecule has 0 radical (unpaired) electrons. The predicted octanol–water partition coefficient (Wildman–Crippen LogP) is 13.8. The molecule has 268 valence electrons. The lowest BCUT2D eigenvalue weighted by Crippen LogP contribution is -2.27. The van der Waals surface area contributed by atoms with Gasteiger partial charge in [-0.3, -0.25) is 0 Å². The Morgan fingerprint density at radius 3 is 0.878 bits per heavy atom. The lowest BCUT2D eigenvalue weighted by molar-refractivity contribution is 0.345. The van der Waals surface area contributed by atoms with Crippen molar-refractivity contribution in [3.05, 3.63) is 68.8 Å². The molecule has 0 N–H and O–H groups in total. The molecule has 0 aromatic heterocycles. The fourth-order valence-electron chi connectivity index (χ4n) is 13.1. The second-order valence-corrected chi connectivity index (χ2v) is 20.4. The summed E-state index contributed by atoms with van der Waals surface area (Å²) in [7, 11) is 0. The van der Waals surface area contributed by atoms with Crippen molar-refractivity contribution in [3.8, 4) is 0 Å². The van der Waals surface area contributed by atoms with E-state index in [0.717, 1.165) is 23.7 Å². The van der Waals surface area contributed by atoms with Crippen LogP contribution in [0, 0.1) is 23.7 Å². The van der Waals surface area contributed by atoms with E-state index in [0.29, 0.717) is 0 Å². The highest BCUT2D eigenvalue weighted by Gasteiger charge is 2.56. The van der Waals surface area contributed by atoms with Gasteiger partial charge in [-0.2, -0.15) is 0 Å². The van der Waals surface area contributed by atoms with Gasteiger partial charge >= 0.3 is 0 Å². The van der Waals surface area contributed by atoms with E-state index in [1.54, 1.807) is 44.5 Å². The Morgan fingerprint density at radius 1 is 0.367 bits per heavy atom. The molecule has 8 rings (SSSR count). The fraction of sp³-hybridized carbons (Fsp3) is 0.755. The first-order chi connectivity index (χ1) is 23.7. The highest BCUT2D eigenvalue weighted by molar-refractivity contribution is 5.62. The van der Waals surface area contributed by atoms with Gasteiger partial charge in [0, 0.05) is 5.41 Å². The first-order valence-corrected chi connectivity index (χ1v) is 22.0. The monoisotopic (exact) mass is 661 g/mol. The van der Waals surface area contributed by atoms with E-state index in [1.807, 2.05) is 0 Å². The van der Waals surface area contributed by atoms with Gasteiger partial charge in [0.25, 0.3) is 0 Å². The summed E-state index contributed by atoms with van der Waals surface area (Å²) in [4.78, 5) is 0. The molecule has 0 nitrogen and oxygen atoms in total. The van der Waals surface area contributed by atoms with Crippen molar-refractivity contribution in [2.24, 2.45) is 23.7 Å². The third-order valence-corrected chi connectivity index (χ3v) is 15.6. The molecule has 0 saturated heterocycles. The second-order valence-electron chi connectivity index (χ2n) is 20.4. The first kappa shape index (κ1) is 34.5. The lowest BCUT2D eigenvalue weighted by atomic mass is 9.71. The van der Waals surface area contributed by atoms with Crippen molar-refractivity contribution in [1.29, 1.82) is 0 Å². The summed E-state index contributed by atoms with van der Waals surface area (Å²) >= 11 is 0. The maximum absolute atomic E-state index is 2.89. The summed E-state index contributed by atoms with van der Waals surface area (Å²) in [6.45, 7) is 10.5. The SMILES string of the molecule is CC1(C)CC2(CC(C)(C)c3cc(CC4CCCCC4)c(CC4CCCCC4)cc32)c2cc(CC3CCCCC3)c(CC3CCCCC3)cc21. The zero-order valence-corrected chi connectivity index (χ0v) is 32.5. The maximum atomic E-state index is 2.89. The minimum Gasteiger partial charge on any atom is -0.0558 e. The molecule has 2 aromatic carbocycles. The summed E-state index contributed by atoms with van der Waals surface area (Å²) in [5.74, 6) is 3.62. The number of hydrogen-bond acceptors (Lipinski definition) is 0. The van der Waals surface area contributed by atoms with Crippen LogP contribution in [0.5, 0.6) is 0 Å². The third-order valence-electron chi connectivity index (χ3n) is 15.6. The van der Waals surface area contributed by atoms with Gasteiger partial charge < -0.3 is 0 Å². The van der Waals surface area contributed by atoms with E-state index in [1.165, 1.54) is 167 Å². The molecule has 6 aliphatic carbocycles. The molecule has 0 unspecified atom stereocenters. The Labute approximate surface area is 302 Å². The number of hydrogen-bond donors (Lipinski definition) is 0. The lowest BCUT2D eigenvalue weighted by Gasteiger charge is -2.32. The Bertz CT molecular complexity index is 1330. The van der Waals surface area contributed by atoms with Gasteiger partial charge in [-0.25, -0.2) is 0 Å². The van der Waals surface area contributed by atoms with E-state index < -0.39 is 0 Å². The van der Waals surface area contributed by atoms with E-state index in [2.05, 4.69) is 52.0 Å². The fourth-order valence-corrected chi connectivity index (χ4v) is 13.1. The third kappa shape index (κ3) is 7.00. The molecule has 4 saturated carbocycles. The number of fused-ring (bicyclic) bond motifs is 4. The van der Waals surface area contributed by atoms with Crippen LogP contribution in [0.25, 0.3) is 0 Å². The summed E-state index contributed by atoms with van der Waals surface area (Å²) in [6.07, 6.45) is 37.2. The largest absolute Gasteiger partial charge is 0.0558 e. The van der Waals surface area contributed by atoms with Crippen LogP contribution < -0.4 is 0 Å². The summed E-state index contributed by atoms with van der Waals surface area (Å²) in [6, 6.07) is 11.4. The number of benzene rings is 2. The molecule has 6 aliphatic rings. The Kier molecular flexibility index (Phi) is 9.94. The zero-order valence-electron chi connectivity index (χ0n) is 32.5. The van der Waals surface area contributed by atoms with Crippen LogP contribution in [-0.4, -0.2) is 0 Å². The summed E-state index contributed by atoms with van der Waals surface area (Å²) < 4.78 is 0. The van der Waals surface area contributed by atoms with E-state index in [4.69, 9.17) is 0 Å². The van der Waals surface area contributed by atoms with Crippen molar-refractivity contribution < 1.29 is 0 Å². The molecule has 0 aliphatic heterocycles. The van der Waals surface area contributed by atoms with Crippen molar-refractivity contribution >= 4 is 0 Å². The molecular formula is C49H72. The van der Waals surface area contributed by atoms with E-state index >= 15 is 0 Å². The minimum atomic E-state index is 0.174. The van der Waals surface area contributed by atoms with Gasteiger partial charge in [-0.15, -0.1) is 0 Å². The Hall–Kier alpha value is -1.56. The normalized spacial score (nSPS) is 25.9. The van der Waals surface area contributed by atoms with Gasteiger partial charge in [-0.05, 0) is 118 Å². The van der Waals surface area contributed by atoms with Crippen LogP contribution in [0.2, 0.25) is 0 Å². The summed E-state index contributed by atoms with van der Waals surface area (Å²) in [5, 5.41) is 0. The van der Waals surface area contributed by atoms with Crippen molar-refractivity contribution in [2.75, 3.05) is 0 Å². The number of rotatable bonds is 8. The van der Waals surface area contributed by atoms with E-state index in [9.17, 15) is 0 Å². The van der Waals surface area contributed by atoms with Crippen LogP contribution in [0.4, 0.5) is 0 Å². The highest BCUT2D eigenvalue weighted by Crippen LogP contribution is 2.63. The average Bonchev–Trinajstić information content (AvgIpc) is 3.45. The van der Waals surface area contributed by atoms with Crippen LogP contribution >= 0.6 is 0 Å². The minimum absolute atomic E-state index is 0.174. The molecular weight excluding hydrogens is 589 g/mol. The average molecular weight is 661 g/mol. The zero-order chi connectivity index (χ0) is 33.6.